The van der Waals surface area contributed by atoms with Gasteiger partial charge in [0.25, 0.3) is 5.91 Å². The number of halogens is 1. The van der Waals surface area contributed by atoms with E-state index in [1.165, 1.54) is 0 Å². The molecular formula is C21H24ClN3O4. The Balaban J connectivity index is 1.27. The molecule has 154 valence electrons. The van der Waals surface area contributed by atoms with Gasteiger partial charge in [0, 0.05) is 42.6 Å². The summed E-state index contributed by atoms with van der Waals surface area (Å²) >= 11 is 6.17. The molecule has 0 radical (unpaired) electrons. The van der Waals surface area contributed by atoms with Gasteiger partial charge in [-0.1, -0.05) is 16.8 Å². The fraction of sp³-hybridized carbons (Fsp3) is 0.476. The SMILES string of the molecule is Cc1cc(OCc2cc(C(=O)NC[C@H]3CC(=O)N(C4CC4)C3)no2)cc(C)c1Cl. The molecule has 1 atom stereocenters. The molecule has 1 aliphatic heterocycles. The Morgan fingerprint density at radius 1 is 1.31 bits per heavy atom. The van der Waals surface area contributed by atoms with E-state index in [4.69, 9.17) is 20.9 Å². The number of hydrogen-bond acceptors (Lipinski definition) is 5. The zero-order valence-electron chi connectivity index (χ0n) is 16.5. The van der Waals surface area contributed by atoms with Crippen molar-refractivity contribution in [3.63, 3.8) is 0 Å². The highest BCUT2D eigenvalue weighted by Gasteiger charge is 2.39. The van der Waals surface area contributed by atoms with E-state index in [2.05, 4.69) is 10.5 Å². The first-order valence-corrected chi connectivity index (χ1v) is 10.2. The Kier molecular flexibility index (Phi) is 5.50. The van der Waals surface area contributed by atoms with Gasteiger partial charge in [0.15, 0.2) is 11.5 Å². The molecule has 4 rings (SSSR count). The maximum atomic E-state index is 12.3. The number of aryl methyl sites for hydroxylation is 2. The number of nitrogens with one attached hydrogen (secondary N) is 1. The molecule has 2 aromatic rings. The van der Waals surface area contributed by atoms with Crippen molar-refractivity contribution in [2.24, 2.45) is 5.92 Å². The van der Waals surface area contributed by atoms with Crippen LogP contribution in [0.3, 0.4) is 0 Å². The number of nitrogens with zero attached hydrogens (tertiary/aromatic N) is 2. The molecule has 0 spiro atoms. The van der Waals surface area contributed by atoms with Crippen LogP contribution in [0.15, 0.2) is 22.7 Å². The fourth-order valence-corrected chi connectivity index (χ4v) is 3.75. The highest BCUT2D eigenvalue weighted by molar-refractivity contribution is 6.32. The van der Waals surface area contributed by atoms with E-state index >= 15 is 0 Å². The zero-order valence-corrected chi connectivity index (χ0v) is 17.3. The van der Waals surface area contributed by atoms with Crippen LogP contribution in [-0.4, -0.2) is 41.0 Å². The molecule has 8 heteroatoms. The Morgan fingerprint density at radius 3 is 2.72 bits per heavy atom. The first-order chi connectivity index (χ1) is 13.9. The summed E-state index contributed by atoms with van der Waals surface area (Å²) in [5.74, 6) is 1.17. The van der Waals surface area contributed by atoms with E-state index in [1.807, 2.05) is 30.9 Å². The third-order valence-electron chi connectivity index (χ3n) is 5.36. The second kappa shape index (κ2) is 8.06. The van der Waals surface area contributed by atoms with E-state index in [9.17, 15) is 9.59 Å². The summed E-state index contributed by atoms with van der Waals surface area (Å²) in [5, 5.41) is 7.40. The van der Waals surface area contributed by atoms with E-state index < -0.39 is 0 Å². The Hall–Kier alpha value is -2.54. The average molecular weight is 418 g/mol. The average Bonchev–Trinajstić information content (AvgIpc) is 3.30. The van der Waals surface area contributed by atoms with Crippen LogP contribution in [0.25, 0.3) is 0 Å². The highest BCUT2D eigenvalue weighted by atomic mass is 35.5. The molecule has 29 heavy (non-hydrogen) atoms. The molecule has 1 aromatic heterocycles. The molecule has 1 N–H and O–H groups in total. The van der Waals surface area contributed by atoms with Crippen LogP contribution in [0.2, 0.25) is 5.02 Å². The number of ether oxygens (including phenoxy) is 1. The van der Waals surface area contributed by atoms with Gasteiger partial charge in [-0.25, -0.2) is 0 Å². The van der Waals surface area contributed by atoms with Gasteiger partial charge in [-0.2, -0.15) is 0 Å². The summed E-state index contributed by atoms with van der Waals surface area (Å²) in [4.78, 5) is 26.3. The highest BCUT2D eigenvalue weighted by Crippen LogP contribution is 2.32. The van der Waals surface area contributed by atoms with Gasteiger partial charge >= 0.3 is 0 Å². The van der Waals surface area contributed by atoms with Crippen LogP contribution >= 0.6 is 11.6 Å². The van der Waals surface area contributed by atoms with Gasteiger partial charge in [0.1, 0.15) is 12.4 Å². The van der Waals surface area contributed by atoms with Crippen molar-refractivity contribution >= 4 is 23.4 Å². The van der Waals surface area contributed by atoms with Crippen LogP contribution in [0, 0.1) is 19.8 Å². The first kappa shape index (κ1) is 19.8. The van der Waals surface area contributed by atoms with Crippen LogP contribution in [0.4, 0.5) is 0 Å². The van der Waals surface area contributed by atoms with Crippen LogP contribution < -0.4 is 10.1 Å². The molecule has 2 heterocycles. The van der Waals surface area contributed by atoms with E-state index in [-0.39, 0.29) is 30.0 Å². The summed E-state index contributed by atoms with van der Waals surface area (Å²) in [5.41, 5.74) is 2.07. The van der Waals surface area contributed by atoms with Gasteiger partial charge in [-0.3, -0.25) is 9.59 Å². The monoisotopic (exact) mass is 417 g/mol. The molecule has 0 bridgehead atoms. The molecule has 2 aliphatic rings. The van der Waals surface area contributed by atoms with Gasteiger partial charge in [-0.05, 0) is 49.9 Å². The lowest BCUT2D eigenvalue weighted by Gasteiger charge is -2.15. The van der Waals surface area contributed by atoms with Crippen molar-refractivity contribution < 1.29 is 18.8 Å². The molecule has 1 aliphatic carbocycles. The predicted octanol–water partition coefficient (Wildman–Crippen LogP) is 3.26. The number of aromatic nitrogens is 1. The maximum Gasteiger partial charge on any atom is 0.273 e. The third-order valence-corrected chi connectivity index (χ3v) is 5.96. The summed E-state index contributed by atoms with van der Waals surface area (Å²) in [6.45, 7) is 5.17. The predicted molar refractivity (Wildman–Crippen MR) is 107 cm³/mol. The Morgan fingerprint density at radius 2 is 2.03 bits per heavy atom. The van der Waals surface area contributed by atoms with E-state index in [0.717, 1.165) is 35.5 Å². The molecular weight excluding hydrogens is 394 g/mol. The summed E-state index contributed by atoms with van der Waals surface area (Å²) in [6.07, 6.45) is 2.70. The second-order valence-corrected chi connectivity index (χ2v) is 8.27. The number of carbonyl (C=O) groups excluding carboxylic acids is 2. The van der Waals surface area contributed by atoms with Gasteiger partial charge < -0.3 is 19.5 Å². The van der Waals surface area contributed by atoms with E-state index in [1.54, 1.807) is 6.07 Å². The molecule has 2 amide bonds. The Labute approximate surface area is 174 Å². The smallest absolute Gasteiger partial charge is 0.273 e. The normalized spacial score (nSPS) is 18.9. The first-order valence-electron chi connectivity index (χ1n) is 9.83. The molecule has 1 saturated carbocycles. The van der Waals surface area contributed by atoms with E-state index in [0.29, 0.717) is 30.5 Å². The van der Waals surface area contributed by atoms with Crippen molar-refractivity contribution in [2.45, 2.75) is 45.8 Å². The number of benzene rings is 1. The van der Waals surface area contributed by atoms with Gasteiger partial charge in [0.2, 0.25) is 5.91 Å². The number of amides is 2. The standard InChI is InChI=1S/C21H24ClN3O4/c1-12-5-16(6-13(2)20(12)22)28-11-17-8-18(24-29-17)21(27)23-9-14-7-19(26)25(10-14)15-3-4-15/h5-6,8,14-15H,3-4,7,9-11H2,1-2H3,(H,23,27)/t14-/m1/s1. The number of rotatable bonds is 7. The molecule has 2 fully saturated rings. The lowest BCUT2D eigenvalue weighted by Crippen LogP contribution is -2.32. The largest absolute Gasteiger partial charge is 0.486 e. The zero-order chi connectivity index (χ0) is 20.5. The third kappa shape index (κ3) is 4.56. The van der Waals surface area contributed by atoms with Crippen LogP contribution in [0.1, 0.15) is 46.6 Å². The molecule has 0 unspecified atom stereocenters. The maximum absolute atomic E-state index is 12.3. The number of likely N-dealkylation sites (tertiary alicyclic amines) is 1. The second-order valence-electron chi connectivity index (χ2n) is 7.90. The lowest BCUT2D eigenvalue weighted by atomic mass is 10.1. The van der Waals surface area contributed by atoms with Gasteiger partial charge in [0.05, 0.1) is 0 Å². The minimum absolute atomic E-state index is 0.151. The summed E-state index contributed by atoms with van der Waals surface area (Å²) in [7, 11) is 0. The molecule has 1 aromatic carbocycles. The van der Waals surface area contributed by atoms with Crippen molar-refractivity contribution in [3.05, 3.63) is 45.8 Å². The van der Waals surface area contributed by atoms with Crippen molar-refractivity contribution in [2.75, 3.05) is 13.1 Å². The minimum atomic E-state index is -0.310. The quantitative estimate of drug-likeness (QED) is 0.747. The topological polar surface area (TPSA) is 84.7 Å². The summed E-state index contributed by atoms with van der Waals surface area (Å²) in [6, 6.07) is 5.70. The van der Waals surface area contributed by atoms with Crippen molar-refractivity contribution in [1.29, 1.82) is 0 Å². The van der Waals surface area contributed by atoms with Gasteiger partial charge in [-0.15, -0.1) is 0 Å². The minimum Gasteiger partial charge on any atom is -0.486 e. The number of carbonyl (C=O) groups is 2. The fourth-order valence-electron chi connectivity index (χ4n) is 3.64. The lowest BCUT2D eigenvalue weighted by molar-refractivity contribution is -0.128. The van der Waals surface area contributed by atoms with Crippen LogP contribution in [-0.2, 0) is 11.4 Å². The van der Waals surface area contributed by atoms with Crippen molar-refractivity contribution in [1.82, 2.24) is 15.4 Å². The number of hydrogen-bond donors (Lipinski definition) is 1. The Bertz CT molecular complexity index is 915. The summed E-state index contributed by atoms with van der Waals surface area (Å²) < 4.78 is 10.9. The van der Waals surface area contributed by atoms with Crippen molar-refractivity contribution in [3.8, 4) is 5.75 Å². The van der Waals surface area contributed by atoms with Crippen LogP contribution in [0.5, 0.6) is 5.75 Å². The molecule has 7 nitrogen and oxygen atoms in total. The molecule has 1 saturated heterocycles.